The molecule has 7 nitrogen and oxygen atoms in total. The van der Waals surface area contributed by atoms with Gasteiger partial charge in [0.1, 0.15) is 11.8 Å². The summed E-state index contributed by atoms with van der Waals surface area (Å²) >= 11 is 0. The quantitative estimate of drug-likeness (QED) is 0.606. The largest absolute Gasteiger partial charge is 0.471 e. The summed E-state index contributed by atoms with van der Waals surface area (Å²) in [5.74, 6) is -0.301. The van der Waals surface area contributed by atoms with Crippen molar-refractivity contribution in [3.8, 4) is 17.1 Å². The Hall–Kier alpha value is -3.56. The number of nitrogens with zero attached hydrogens (tertiary/aromatic N) is 5. The van der Waals surface area contributed by atoms with Gasteiger partial charge in [-0.05, 0) is 19.8 Å². The zero-order chi connectivity index (χ0) is 22.7. The highest BCUT2D eigenvalue weighted by Crippen LogP contribution is 2.29. The number of halogens is 3. The van der Waals surface area contributed by atoms with E-state index in [0.29, 0.717) is 31.3 Å². The molecule has 166 valence electrons. The molecule has 2 atom stereocenters. The number of piperidine rings is 1. The Bertz CT molecular complexity index is 1080. The maximum atomic E-state index is 13.4. The Morgan fingerprint density at radius 1 is 1.06 bits per heavy atom. The SMILES string of the molecule is C[C@H]1[C@H](Oc2cnc(C(F)(F)F)cn2)CCCN1C(=O)c1nccnc1-c1ccccc1. The molecule has 1 aliphatic heterocycles. The number of ether oxygens (including phenoxy) is 1. The van der Waals surface area contributed by atoms with Crippen molar-refractivity contribution in [1.29, 1.82) is 0 Å². The fourth-order valence-corrected chi connectivity index (χ4v) is 3.67. The average molecular weight is 443 g/mol. The third kappa shape index (κ3) is 4.53. The topological polar surface area (TPSA) is 81.1 Å². The average Bonchev–Trinajstić information content (AvgIpc) is 2.80. The standard InChI is InChI=1S/C22H20F3N5O2/c1-14-16(32-18-13-28-17(12-29-18)22(23,24)25)8-5-11-30(14)21(31)20-19(26-9-10-27-20)15-6-3-2-4-7-15/h2-4,6-7,9-10,12-14,16H,5,8,11H2,1H3/t14-,16+/m0/s1. The molecule has 0 unspecified atom stereocenters. The van der Waals surface area contributed by atoms with E-state index in [2.05, 4.69) is 19.9 Å². The fourth-order valence-electron chi connectivity index (χ4n) is 3.67. The van der Waals surface area contributed by atoms with E-state index in [0.717, 1.165) is 11.8 Å². The molecule has 1 aliphatic rings. The van der Waals surface area contributed by atoms with E-state index >= 15 is 0 Å². The minimum absolute atomic E-state index is 0.0198. The molecular formula is C22H20F3N5O2. The van der Waals surface area contributed by atoms with Crippen LogP contribution >= 0.6 is 0 Å². The Morgan fingerprint density at radius 2 is 1.81 bits per heavy atom. The molecule has 2 aromatic heterocycles. The minimum atomic E-state index is -4.57. The fraction of sp³-hybridized carbons (Fsp3) is 0.318. The summed E-state index contributed by atoms with van der Waals surface area (Å²) in [6, 6.07) is 8.95. The van der Waals surface area contributed by atoms with Gasteiger partial charge in [-0.3, -0.25) is 9.78 Å². The minimum Gasteiger partial charge on any atom is -0.471 e. The van der Waals surface area contributed by atoms with Crippen molar-refractivity contribution in [2.24, 2.45) is 0 Å². The lowest BCUT2D eigenvalue weighted by Crippen LogP contribution is -2.51. The van der Waals surface area contributed by atoms with Gasteiger partial charge in [0.2, 0.25) is 5.88 Å². The summed E-state index contributed by atoms with van der Waals surface area (Å²) in [6.07, 6.45) is 0.864. The van der Waals surface area contributed by atoms with Crippen LogP contribution in [-0.2, 0) is 6.18 Å². The van der Waals surface area contributed by atoms with Gasteiger partial charge in [0.05, 0.1) is 18.4 Å². The molecule has 1 amide bonds. The molecule has 1 fully saturated rings. The number of aromatic nitrogens is 4. The Kier molecular flexibility index (Phi) is 6.02. The van der Waals surface area contributed by atoms with Crippen LogP contribution in [0.25, 0.3) is 11.3 Å². The highest BCUT2D eigenvalue weighted by Gasteiger charge is 2.36. The first kappa shape index (κ1) is 21.7. The first-order valence-corrected chi connectivity index (χ1v) is 10.1. The van der Waals surface area contributed by atoms with Gasteiger partial charge in [0.15, 0.2) is 11.4 Å². The maximum Gasteiger partial charge on any atom is 0.434 e. The molecule has 1 aromatic carbocycles. The van der Waals surface area contributed by atoms with Gasteiger partial charge in [-0.1, -0.05) is 30.3 Å². The van der Waals surface area contributed by atoms with Gasteiger partial charge in [-0.15, -0.1) is 0 Å². The third-order valence-corrected chi connectivity index (χ3v) is 5.32. The van der Waals surface area contributed by atoms with Crippen LogP contribution in [0.15, 0.2) is 55.1 Å². The summed E-state index contributed by atoms with van der Waals surface area (Å²) in [6.45, 7) is 2.33. The Morgan fingerprint density at radius 3 is 2.50 bits per heavy atom. The number of hydrogen-bond donors (Lipinski definition) is 0. The number of carbonyl (C=O) groups is 1. The van der Waals surface area contributed by atoms with Crippen LogP contribution in [0.5, 0.6) is 5.88 Å². The molecule has 3 heterocycles. The summed E-state index contributed by atoms with van der Waals surface area (Å²) < 4.78 is 43.9. The number of hydrogen-bond acceptors (Lipinski definition) is 6. The number of alkyl halides is 3. The second-order valence-corrected chi connectivity index (χ2v) is 7.39. The van der Waals surface area contributed by atoms with Crippen LogP contribution in [0.3, 0.4) is 0 Å². The summed E-state index contributed by atoms with van der Waals surface area (Å²) in [5, 5.41) is 0. The van der Waals surface area contributed by atoms with E-state index in [9.17, 15) is 18.0 Å². The first-order valence-electron chi connectivity index (χ1n) is 10.1. The zero-order valence-electron chi connectivity index (χ0n) is 17.2. The number of carbonyl (C=O) groups excluding carboxylic acids is 1. The van der Waals surface area contributed by atoms with Crippen LogP contribution in [0, 0.1) is 0 Å². The molecule has 3 aromatic rings. The van der Waals surface area contributed by atoms with Gasteiger partial charge in [-0.2, -0.15) is 13.2 Å². The molecule has 4 rings (SSSR count). The molecular weight excluding hydrogens is 423 g/mol. The van der Waals surface area contributed by atoms with Gasteiger partial charge in [0.25, 0.3) is 5.91 Å². The third-order valence-electron chi connectivity index (χ3n) is 5.32. The molecule has 0 N–H and O–H groups in total. The Balaban J connectivity index is 1.53. The van der Waals surface area contributed by atoms with Crippen molar-refractivity contribution >= 4 is 5.91 Å². The van der Waals surface area contributed by atoms with Crippen molar-refractivity contribution in [2.75, 3.05) is 6.54 Å². The van der Waals surface area contributed by atoms with Crippen LogP contribution < -0.4 is 4.74 Å². The van der Waals surface area contributed by atoms with Crippen LogP contribution in [0.1, 0.15) is 35.9 Å². The molecule has 0 bridgehead atoms. The highest BCUT2D eigenvalue weighted by molar-refractivity contribution is 5.98. The van der Waals surface area contributed by atoms with Gasteiger partial charge >= 0.3 is 6.18 Å². The summed E-state index contributed by atoms with van der Waals surface area (Å²) in [4.78, 5) is 30.8. The number of likely N-dealkylation sites (tertiary alicyclic amines) is 1. The van der Waals surface area contributed by atoms with Gasteiger partial charge in [-0.25, -0.2) is 15.0 Å². The first-order chi connectivity index (χ1) is 15.3. The van der Waals surface area contributed by atoms with Crippen molar-refractivity contribution in [3.63, 3.8) is 0 Å². The lowest BCUT2D eigenvalue weighted by Gasteiger charge is -2.38. The van der Waals surface area contributed by atoms with E-state index in [-0.39, 0.29) is 23.5 Å². The van der Waals surface area contributed by atoms with E-state index in [1.54, 1.807) is 4.90 Å². The molecule has 0 radical (unpaired) electrons. The lowest BCUT2D eigenvalue weighted by molar-refractivity contribution is -0.141. The smallest absolute Gasteiger partial charge is 0.434 e. The highest BCUT2D eigenvalue weighted by atomic mass is 19.4. The van der Waals surface area contributed by atoms with Crippen LogP contribution in [-0.4, -0.2) is 49.4 Å². The Labute approximate surface area is 182 Å². The van der Waals surface area contributed by atoms with Crippen molar-refractivity contribution in [2.45, 2.75) is 38.1 Å². The summed E-state index contributed by atoms with van der Waals surface area (Å²) in [7, 11) is 0. The van der Waals surface area contributed by atoms with Crippen LogP contribution in [0.4, 0.5) is 13.2 Å². The summed E-state index contributed by atoms with van der Waals surface area (Å²) in [5.41, 5.74) is 0.415. The molecule has 0 aliphatic carbocycles. The monoisotopic (exact) mass is 443 g/mol. The lowest BCUT2D eigenvalue weighted by atomic mass is 9.99. The predicted octanol–water partition coefficient (Wildman–Crippen LogP) is 4.02. The number of benzene rings is 1. The predicted molar refractivity (Wildman–Crippen MR) is 109 cm³/mol. The van der Waals surface area contributed by atoms with Gasteiger partial charge in [0, 0.05) is 24.5 Å². The molecule has 0 spiro atoms. The van der Waals surface area contributed by atoms with Crippen molar-refractivity contribution in [1.82, 2.24) is 24.8 Å². The van der Waals surface area contributed by atoms with E-state index < -0.39 is 18.0 Å². The van der Waals surface area contributed by atoms with Crippen molar-refractivity contribution < 1.29 is 22.7 Å². The second-order valence-electron chi connectivity index (χ2n) is 7.39. The van der Waals surface area contributed by atoms with Crippen molar-refractivity contribution in [3.05, 3.63) is 66.5 Å². The van der Waals surface area contributed by atoms with E-state index in [1.165, 1.54) is 12.4 Å². The molecule has 32 heavy (non-hydrogen) atoms. The number of rotatable bonds is 4. The zero-order valence-corrected chi connectivity index (χ0v) is 17.2. The molecule has 1 saturated heterocycles. The maximum absolute atomic E-state index is 13.4. The molecule has 0 saturated carbocycles. The molecule has 10 heteroatoms. The van der Waals surface area contributed by atoms with E-state index in [4.69, 9.17) is 4.74 Å². The number of amides is 1. The second kappa shape index (κ2) is 8.89. The van der Waals surface area contributed by atoms with Crippen LogP contribution in [0.2, 0.25) is 0 Å². The van der Waals surface area contributed by atoms with Gasteiger partial charge < -0.3 is 9.64 Å². The van der Waals surface area contributed by atoms with E-state index in [1.807, 2.05) is 37.3 Å². The normalized spacial score (nSPS) is 18.9.